The summed E-state index contributed by atoms with van der Waals surface area (Å²) >= 11 is 0. The molecular weight excluding hydrogens is 469 g/mol. The number of aromatic nitrogens is 2. The summed E-state index contributed by atoms with van der Waals surface area (Å²) < 4.78 is 45.4. The second-order valence-corrected chi connectivity index (χ2v) is 10.1. The maximum Gasteiger partial charge on any atom is 0.228 e. The third-order valence-electron chi connectivity index (χ3n) is 5.38. The van der Waals surface area contributed by atoms with Crippen LogP contribution in [-0.4, -0.2) is 29.6 Å². The van der Waals surface area contributed by atoms with E-state index in [1.54, 1.807) is 61.8 Å². The summed E-state index contributed by atoms with van der Waals surface area (Å²) in [5, 5.41) is 2.83. The maximum atomic E-state index is 13.7. The van der Waals surface area contributed by atoms with Gasteiger partial charge in [-0.1, -0.05) is 25.1 Å². The number of nitrogens with one attached hydrogen (secondary N) is 1. The molecule has 0 saturated carbocycles. The molecule has 0 aliphatic carbocycles. The van der Waals surface area contributed by atoms with E-state index in [2.05, 4.69) is 10.3 Å². The van der Waals surface area contributed by atoms with E-state index in [9.17, 15) is 17.6 Å². The Balaban J connectivity index is 1.55. The number of carbonyl (C=O) groups excluding carboxylic acids is 1. The smallest absolute Gasteiger partial charge is 0.228 e. The lowest BCUT2D eigenvalue weighted by molar-refractivity contribution is -0.115. The van der Waals surface area contributed by atoms with Gasteiger partial charge in [-0.25, -0.2) is 17.8 Å². The molecule has 1 N–H and O–H groups in total. The Morgan fingerprint density at radius 1 is 1.09 bits per heavy atom. The van der Waals surface area contributed by atoms with Gasteiger partial charge in [0.25, 0.3) is 0 Å². The van der Waals surface area contributed by atoms with Crippen LogP contribution in [0.5, 0.6) is 11.5 Å². The molecule has 0 spiro atoms. The molecule has 0 radical (unpaired) electrons. The van der Waals surface area contributed by atoms with Crippen LogP contribution in [0.4, 0.5) is 10.1 Å². The van der Waals surface area contributed by atoms with Crippen molar-refractivity contribution in [1.29, 1.82) is 0 Å². The number of carbonyl (C=O) groups is 1. The van der Waals surface area contributed by atoms with Crippen molar-refractivity contribution in [3.05, 3.63) is 96.3 Å². The van der Waals surface area contributed by atoms with Crippen LogP contribution >= 0.6 is 0 Å². The first-order valence-electron chi connectivity index (χ1n) is 10.9. The standard InChI is InChI=1S/C26H24FN3O4S/c1-3-35(32,33)23-10-7-19(8-11-23)15-26(31)29-21-9-12-24(30-14-13-28-18(30)2)25(17-21)34-22-6-4-5-20(27)16-22/h4-14,16-17H,3,15H2,1-2H3,(H,29,31). The van der Waals surface area contributed by atoms with E-state index in [4.69, 9.17) is 4.74 Å². The number of hydrogen-bond acceptors (Lipinski definition) is 5. The topological polar surface area (TPSA) is 90.3 Å². The van der Waals surface area contributed by atoms with Crippen LogP contribution in [-0.2, 0) is 21.1 Å². The predicted molar refractivity (Wildman–Crippen MR) is 131 cm³/mol. The minimum absolute atomic E-state index is 0.0153. The number of amides is 1. The fourth-order valence-corrected chi connectivity index (χ4v) is 4.42. The Labute approximate surface area is 203 Å². The van der Waals surface area contributed by atoms with E-state index in [1.807, 2.05) is 11.5 Å². The zero-order chi connectivity index (χ0) is 25.0. The van der Waals surface area contributed by atoms with Crippen LogP contribution in [0.1, 0.15) is 18.3 Å². The summed E-state index contributed by atoms with van der Waals surface area (Å²) in [6.45, 7) is 3.43. The number of ether oxygens (including phenoxy) is 1. The van der Waals surface area contributed by atoms with Crippen molar-refractivity contribution in [3.8, 4) is 17.2 Å². The third kappa shape index (κ3) is 5.75. The molecular formula is C26H24FN3O4S. The number of benzene rings is 3. The zero-order valence-electron chi connectivity index (χ0n) is 19.2. The van der Waals surface area contributed by atoms with E-state index in [1.165, 1.54) is 24.3 Å². The van der Waals surface area contributed by atoms with E-state index in [0.29, 0.717) is 28.4 Å². The lowest BCUT2D eigenvalue weighted by atomic mass is 10.1. The molecule has 1 amide bonds. The molecule has 1 heterocycles. The Bertz CT molecular complexity index is 1460. The van der Waals surface area contributed by atoms with Gasteiger partial charge in [-0.2, -0.15) is 0 Å². The Morgan fingerprint density at radius 3 is 2.51 bits per heavy atom. The largest absolute Gasteiger partial charge is 0.455 e. The number of rotatable bonds is 8. The second-order valence-electron chi connectivity index (χ2n) is 7.86. The van der Waals surface area contributed by atoms with Gasteiger partial charge < -0.3 is 14.6 Å². The molecule has 1 aromatic heterocycles. The van der Waals surface area contributed by atoms with Gasteiger partial charge in [0.1, 0.15) is 17.4 Å². The zero-order valence-corrected chi connectivity index (χ0v) is 20.0. The van der Waals surface area contributed by atoms with Crippen molar-refractivity contribution in [2.45, 2.75) is 25.2 Å². The van der Waals surface area contributed by atoms with Crippen LogP contribution in [0, 0.1) is 12.7 Å². The molecule has 0 fully saturated rings. The first kappa shape index (κ1) is 24.2. The van der Waals surface area contributed by atoms with E-state index >= 15 is 0 Å². The molecule has 9 heteroatoms. The van der Waals surface area contributed by atoms with Gasteiger partial charge >= 0.3 is 0 Å². The number of aryl methyl sites for hydroxylation is 1. The van der Waals surface area contributed by atoms with Crippen molar-refractivity contribution < 1.29 is 22.3 Å². The highest BCUT2D eigenvalue weighted by molar-refractivity contribution is 7.91. The lowest BCUT2D eigenvalue weighted by Gasteiger charge is -2.15. The molecule has 0 aliphatic heterocycles. The van der Waals surface area contributed by atoms with Crippen LogP contribution in [0.15, 0.2) is 84.0 Å². The summed E-state index contributed by atoms with van der Waals surface area (Å²) in [5.74, 6) is 0.767. The molecule has 0 aliphatic rings. The predicted octanol–water partition coefficient (Wildman–Crippen LogP) is 5.09. The van der Waals surface area contributed by atoms with Crippen LogP contribution in [0.25, 0.3) is 5.69 Å². The van der Waals surface area contributed by atoms with Gasteiger partial charge in [0, 0.05) is 30.2 Å². The minimum atomic E-state index is -3.30. The lowest BCUT2D eigenvalue weighted by Crippen LogP contribution is -2.15. The average molecular weight is 494 g/mol. The Kier molecular flexibility index (Phi) is 6.97. The molecule has 4 aromatic rings. The number of imidazole rings is 1. The van der Waals surface area contributed by atoms with Crippen molar-refractivity contribution in [3.63, 3.8) is 0 Å². The van der Waals surface area contributed by atoms with Crippen LogP contribution in [0.3, 0.4) is 0 Å². The molecule has 180 valence electrons. The SMILES string of the molecule is CCS(=O)(=O)c1ccc(CC(=O)Nc2ccc(-n3ccnc3C)c(Oc3cccc(F)c3)c2)cc1. The summed E-state index contributed by atoms with van der Waals surface area (Å²) in [7, 11) is -3.30. The fourth-order valence-electron chi connectivity index (χ4n) is 3.53. The monoisotopic (exact) mass is 493 g/mol. The van der Waals surface area contributed by atoms with Gasteiger partial charge in [0.2, 0.25) is 5.91 Å². The molecule has 7 nitrogen and oxygen atoms in total. The van der Waals surface area contributed by atoms with Crippen LogP contribution in [0.2, 0.25) is 0 Å². The molecule has 4 rings (SSSR count). The molecule has 3 aromatic carbocycles. The normalized spacial score (nSPS) is 11.3. The van der Waals surface area contributed by atoms with Gasteiger partial charge in [-0.3, -0.25) is 4.79 Å². The van der Waals surface area contributed by atoms with Crippen molar-refractivity contribution >= 4 is 21.4 Å². The first-order valence-corrected chi connectivity index (χ1v) is 12.6. The maximum absolute atomic E-state index is 13.7. The number of nitrogens with zero attached hydrogens (tertiary/aromatic N) is 2. The van der Waals surface area contributed by atoms with Gasteiger partial charge in [-0.05, 0) is 48.9 Å². The highest BCUT2D eigenvalue weighted by Gasteiger charge is 2.14. The average Bonchev–Trinajstić information content (AvgIpc) is 3.25. The first-order chi connectivity index (χ1) is 16.7. The summed E-state index contributed by atoms with van der Waals surface area (Å²) in [4.78, 5) is 17.1. The molecule has 0 bridgehead atoms. The number of hydrogen-bond donors (Lipinski definition) is 1. The number of sulfone groups is 1. The molecule has 0 unspecified atom stereocenters. The second kappa shape index (κ2) is 10.1. The molecule has 0 saturated heterocycles. The Hall–Kier alpha value is -3.98. The van der Waals surface area contributed by atoms with Crippen molar-refractivity contribution in [2.24, 2.45) is 0 Å². The van der Waals surface area contributed by atoms with Crippen molar-refractivity contribution in [1.82, 2.24) is 9.55 Å². The summed E-state index contributed by atoms with van der Waals surface area (Å²) in [5.41, 5.74) is 1.85. The van der Waals surface area contributed by atoms with E-state index in [0.717, 1.165) is 5.82 Å². The van der Waals surface area contributed by atoms with E-state index in [-0.39, 0.29) is 23.0 Å². The minimum Gasteiger partial charge on any atom is -0.455 e. The van der Waals surface area contributed by atoms with E-state index < -0.39 is 15.7 Å². The van der Waals surface area contributed by atoms with Gasteiger partial charge in [-0.15, -0.1) is 0 Å². The Morgan fingerprint density at radius 2 is 1.86 bits per heavy atom. The van der Waals surface area contributed by atoms with Crippen molar-refractivity contribution in [2.75, 3.05) is 11.1 Å². The number of anilines is 1. The van der Waals surface area contributed by atoms with Gasteiger partial charge in [0.05, 0.1) is 22.8 Å². The quantitative estimate of drug-likeness (QED) is 0.369. The summed E-state index contributed by atoms with van der Waals surface area (Å²) in [6.07, 6.45) is 3.51. The molecule has 0 atom stereocenters. The van der Waals surface area contributed by atoms with Gasteiger partial charge in [0.15, 0.2) is 15.6 Å². The molecule has 35 heavy (non-hydrogen) atoms. The summed E-state index contributed by atoms with van der Waals surface area (Å²) in [6, 6.07) is 17.3. The van der Waals surface area contributed by atoms with Crippen LogP contribution < -0.4 is 10.1 Å². The third-order valence-corrected chi connectivity index (χ3v) is 7.13. The fraction of sp³-hybridized carbons (Fsp3) is 0.154. The number of halogens is 1. The highest BCUT2D eigenvalue weighted by atomic mass is 32.2. The highest BCUT2D eigenvalue weighted by Crippen LogP contribution is 2.32.